The molecule has 2 rings (SSSR count). The molecule has 0 atom stereocenters. The van der Waals surface area contributed by atoms with E-state index in [-0.39, 0.29) is 11.8 Å². The molecule has 1 aromatic rings. The first-order valence-electron chi connectivity index (χ1n) is 5.27. The molecule has 0 unspecified atom stereocenters. The van der Waals surface area contributed by atoms with Crippen LogP contribution in [0.25, 0.3) is 0 Å². The Hall–Kier alpha value is -2.18. The van der Waals surface area contributed by atoms with Gasteiger partial charge in [-0.3, -0.25) is 20.4 Å². The van der Waals surface area contributed by atoms with Gasteiger partial charge in [-0.05, 0) is 12.8 Å². The first kappa shape index (κ1) is 12.3. The van der Waals surface area contributed by atoms with Gasteiger partial charge in [-0.2, -0.15) is 0 Å². The Morgan fingerprint density at radius 1 is 1.22 bits per heavy atom. The maximum atomic E-state index is 13.3. The second-order valence-corrected chi connectivity index (χ2v) is 4.00. The van der Waals surface area contributed by atoms with E-state index in [1.165, 1.54) is 0 Å². The number of rotatable bonds is 2. The van der Waals surface area contributed by atoms with Crippen LogP contribution in [-0.4, -0.2) is 16.9 Å². The molecule has 18 heavy (non-hydrogen) atoms. The van der Waals surface area contributed by atoms with Crippen molar-refractivity contribution in [2.45, 2.75) is 12.8 Å². The molecule has 96 valence electrons. The molecule has 0 bridgehead atoms. The number of aromatic hydroxyl groups is 1. The summed E-state index contributed by atoms with van der Waals surface area (Å²) in [6.45, 7) is 0. The Morgan fingerprint density at radius 2 is 1.89 bits per heavy atom. The van der Waals surface area contributed by atoms with Gasteiger partial charge in [0.25, 0.3) is 5.91 Å². The molecule has 3 N–H and O–H groups in total. The Balaban J connectivity index is 2.06. The number of carbonyl (C=O) groups is 2. The second kappa shape index (κ2) is 4.59. The van der Waals surface area contributed by atoms with Crippen molar-refractivity contribution in [3.63, 3.8) is 0 Å². The predicted molar refractivity (Wildman–Crippen MR) is 56.4 cm³/mol. The molecular weight excluding hydrogens is 246 g/mol. The summed E-state index contributed by atoms with van der Waals surface area (Å²) >= 11 is 0. The van der Waals surface area contributed by atoms with Crippen molar-refractivity contribution in [1.82, 2.24) is 10.9 Å². The molecule has 1 fully saturated rings. The highest BCUT2D eigenvalue weighted by Crippen LogP contribution is 2.28. The van der Waals surface area contributed by atoms with Gasteiger partial charge in [-0.25, -0.2) is 8.78 Å². The number of hydrazine groups is 1. The van der Waals surface area contributed by atoms with Crippen LogP contribution in [0.15, 0.2) is 12.1 Å². The smallest absolute Gasteiger partial charge is 0.276 e. The monoisotopic (exact) mass is 256 g/mol. The van der Waals surface area contributed by atoms with Crippen LogP contribution < -0.4 is 10.9 Å². The Bertz CT molecular complexity index is 492. The van der Waals surface area contributed by atoms with Crippen LogP contribution in [-0.2, 0) is 4.79 Å². The van der Waals surface area contributed by atoms with Gasteiger partial charge in [0.15, 0.2) is 0 Å². The van der Waals surface area contributed by atoms with Gasteiger partial charge in [0, 0.05) is 18.1 Å². The summed E-state index contributed by atoms with van der Waals surface area (Å²) in [5, 5.41) is 9.28. The summed E-state index contributed by atoms with van der Waals surface area (Å²) in [6, 6.07) is 1.08. The van der Waals surface area contributed by atoms with Crippen LogP contribution in [0.2, 0.25) is 0 Å². The van der Waals surface area contributed by atoms with E-state index in [1.807, 2.05) is 5.43 Å². The standard InChI is InChI=1S/C11H10F2N2O3/c12-6-3-7(13)9(8(16)4-6)11(18)15-14-10(17)5-1-2-5/h3-5,16H,1-2H2,(H,14,17)(H,15,18). The number of carbonyl (C=O) groups excluding carboxylic acids is 2. The maximum absolute atomic E-state index is 13.3. The summed E-state index contributed by atoms with van der Waals surface area (Å²) in [5.41, 5.74) is 3.35. The molecule has 0 aromatic heterocycles. The predicted octanol–water partition coefficient (Wildman–Crippen LogP) is 0.841. The number of phenols is 1. The van der Waals surface area contributed by atoms with E-state index in [2.05, 4.69) is 5.43 Å². The highest BCUT2D eigenvalue weighted by molar-refractivity contribution is 5.98. The number of amides is 2. The first-order chi connectivity index (χ1) is 8.49. The molecule has 0 saturated heterocycles. The third-order valence-electron chi connectivity index (χ3n) is 2.51. The Kier molecular flexibility index (Phi) is 3.14. The van der Waals surface area contributed by atoms with Gasteiger partial charge in [-0.1, -0.05) is 0 Å². The van der Waals surface area contributed by atoms with Gasteiger partial charge in [0.05, 0.1) is 0 Å². The van der Waals surface area contributed by atoms with E-state index in [9.17, 15) is 23.5 Å². The summed E-state index contributed by atoms with van der Waals surface area (Å²) in [7, 11) is 0. The summed E-state index contributed by atoms with van der Waals surface area (Å²) < 4.78 is 26.0. The zero-order chi connectivity index (χ0) is 13.3. The third-order valence-corrected chi connectivity index (χ3v) is 2.51. The van der Waals surface area contributed by atoms with Crippen molar-refractivity contribution in [3.05, 3.63) is 29.3 Å². The van der Waals surface area contributed by atoms with Crippen molar-refractivity contribution >= 4 is 11.8 Å². The minimum Gasteiger partial charge on any atom is -0.507 e. The number of benzene rings is 1. The van der Waals surface area contributed by atoms with Crippen LogP contribution >= 0.6 is 0 Å². The lowest BCUT2D eigenvalue weighted by Gasteiger charge is -2.08. The van der Waals surface area contributed by atoms with Crippen molar-refractivity contribution < 1.29 is 23.5 Å². The molecule has 1 aromatic carbocycles. The van der Waals surface area contributed by atoms with Crippen LogP contribution in [0.5, 0.6) is 5.75 Å². The molecule has 7 heteroatoms. The SMILES string of the molecule is O=C(NNC(=O)C1CC1)c1c(O)cc(F)cc1F. The van der Waals surface area contributed by atoms with E-state index in [0.717, 1.165) is 12.8 Å². The molecule has 1 saturated carbocycles. The van der Waals surface area contributed by atoms with Crippen LogP contribution in [0.1, 0.15) is 23.2 Å². The lowest BCUT2D eigenvalue weighted by atomic mass is 10.1. The molecule has 0 radical (unpaired) electrons. The number of nitrogens with one attached hydrogen (secondary N) is 2. The highest BCUT2D eigenvalue weighted by Gasteiger charge is 2.30. The quantitative estimate of drug-likeness (QED) is 0.686. The lowest BCUT2D eigenvalue weighted by Crippen LogP contribution is -2.42. The van der Waals surface area contributed by atoms with Gasteiger partial charge in [-0.15, -0.1) is 0 Å². The van der Waals surface area contributed by atoms with Gasteiger partial charge in [0.2, 0.25) is 5.91 Å². The van der Waals surface area contributed by atoms with Gasteiger partial charge >= 0.3 is 0 Å². The van der Waals surface area contributed by atoms with Crippen molar-refractivity contribution in [2.24, 2.45) is 5.92 Å². The highest BCUT2D eigenvalue weighted by atomic mass is 19.1. The lowest BCUT2D eigenvalue weighted by molar-refractivity contribution is -0.123. The summed E-state index contributed by atoms with van der Waals surface area (Å²) in [4.78, 5) is 22.7. The molecule has 0 spiro atoms. The van der Waals surface area contributed by atoms with Crippen LogP contribution in [0.4, 0.5) is 8.78 Å². The minimum atomic E-state index is -1.20. The summed E-state index contributed by atoms with van der Waals surface area (Å²) in [5.74, 6) is -4.57. The van der Waals surface area contributed by atoms with Gasteiger partial charge < -0.3 is 5.11 Å². The van der Waals surface area contributed by atoms with E-state index < -0.39 is 28.9 Å². The Labute approximate surface area is 101 Å². The van der Waals surface area contributed by atoms with Crippen molar-refractivity contribution in [2.75, 3.05) is 0 Å². The number of hydrogen-bond donors (Lipinski definition) is 3. The second-order valence-electron chi connectivity index (χ2n) is 4.00. The number of halogens is 2. The summed E-state index contributed by atoms with van der Waals surface area (Å²) in [6.07, 6.45) is 1.50. The number of hydrogen-bond acceptors (Lipinski definition) is 3. The van der Waals surface area contributed by atoms with Crippen molar-refractivity contribution in [1.29, 1.82) is 0 Å². The van der Waals surface area contributed by atoms with E-state index in [0.29, 0.717) is 12.1 Å². The third kappa shape index (κ3) is 2.55. The normalized spacial score (nSPS) is 14.1. The van der Waals surface area contributed by atoms with E-state index in [4.69, 9.17) is 0 Å². The first-order valence-corrected chi connectivity index (χ1v) is 5.27. The molecule has 2 amide bonds. The minimum absolute atomic E-state index is 0.128. The van der Waals surface area contributed by atoms with Crippen LogP contribution in [0, 0.1) is 17.6 Å². The zero-order valence-electron chi connectivity index (χ0n) is 9.17. The van der Waals surface area contributed by atoms with Crippen molar-refractivity contribution in [3.8, 4) is 5.75 Å². The average molecular weight is 256 g/mol. The van der Waals surface area contributed by atoms with E-state index in [1.54, 1.807) is 0 Å². The molecular formula is C11H10F2N2O3. The van der Waals surface area contributed by atoms with Crippen LogP contribution in [0.3, 0.4) is 0 Å². The number of phenolic OH excluding ortho intramolecular Hbond substituents is 1. The fourth-order valence-electron chi connectivity index (χ4n) is 1.41. The molecule has 1 aliphatic rings. The van der Waals surface area contributed by atoms with Gasteiger partial charge in [0.1, 0.15) is 22.9 Å². The van der Waals surface area contributed by atoms with E-state index >= 15 is 0 Å². The fourth-order valence-corrected chi connectivity index (χ4v) is 1.41. The molecule has 0 heterocycles. The zero-order valence-corrected chi connectivity index (χ0v) is 9.17. The fraction of sp³-hybridized carbons (Fsp3) is 0.273. The largest absolute Gasteiger partial charge is 0.507 e. The topological polar surface area (TPSA) is 78.4 Å². The average Bonchev–Trinajstić information content (AvgIpc) is 3.07. The molecule has 0 aliphatic heterocycles. The molecule has 5 nitrogen and oxygen atoms in total. The molecule has 1 aliphatic carbocycles. The Morgan fingerprint density at radius 3 is 2.44 bits per heavy atom. The maximum Gasteiger partial charge on any atom is 0.276 e.